The first-order chi connectivity index (χ1) is 11.2. The van der Waals surface area contributed by atoms with Gasteiger partial charge in [0.25, 0.3) is 0 Å². The molecule has 0 radical (unpaired) electrons. The second kappa shape index (κ2) is 7.29. The smallest absolute Gasteiger partial charge is 0.410 e. The van der Waals surface area contributed by atoms with Crippen LogP contribution in [0.15, 0.2) is 30.3 Å². The summed E-state index contributed by atoms with van der Waals surface area (Å²) in [4.78, 5) is 14.0. The molecular formula is C17H23NO5. The van der Waals surface area contributed by atoms with Gasteiger partial charge in [0.15, 0.2) is 5.79 Å². The van der Waals surface area contributed by atoms with E-state index in [1.54, 1.807) is 4.90 Å². The molecule has 1 aromatic carbocycles. The third kappa shape index (κ3) is 3.65. The molecule has 2 heterocycles. The number of carbonyl (C=O) groups is 1. The molecule has 1 N–H and O–H groups in total. The molecule has 1 aromatic rings. The van der Waals surface area contributed by atoms with Crippen LogP contribution in [0, 0.1) is 5.92 Å². The first-order valence-corrected chi connectivity index (χ1v) is 8.08. The van der Waals surface area contributed by atoms with Gasteiger partial charge in [-0.1, -0.05) is 30.3 Å². The van der Waals surface area contributed by atoms with Crippen LogP contribution in [0.25, 0.3) is 0 Å². The lowest BCUT2D eigenvalue weighted by molar-refractivity contribution is -0.221. The van der Waals surface area contributed by atoms with Gasteiger partial charge in [-0.2, -0.15) is 0 Å². The number of nitrogens with zero attached hydrogens (tertiary/aromatic N) is 1. The molecule has 126 valence electrons. The van der Waals surface area contributed by atoms with Crippen LogP contribution in [0.3, 0.4) is 0 Å². The van der Waals surface area contributed by atoms with Crippen molar-refractivity contribution >= 4 is 6.09 Å². The number of amides is 1. The van der Waals surface area contributed by atoms with Crippen LogP contribution in [0.1, 0.15) is 18.4 Å². The molecule has 1 amide bonds. The predicted molar refractivity (Wildman–Crippen MR) is 82.6 cm³/mol. The van der Waals surface area contributed by atoms with Gasteiger partial charge in [-0.15, -0.1) is 0 Å². The lowest BCUT2D eigenvalue weighted by Gasteiger charge is -2.43. The van der Waals surface area contributed by atoms with E-state index in [1.165, 1.54) is 0 Å². The summed E-state index contributed by atoms with van der Waals surface area (Å²) in [6, 6.07) is 9.61. The van der Waals surface area contributed by atoms with Crippen molar-refractivity contribution in [2.45, 2.75) is 25.2 Å². The Labute approximate surface area is 135 Å². The molecule has 0 aliphatic carbocycles. The van der Waals surface area contributed by atoms with Gasteiger partial charge in [-0.05, 0) is 12.0 Å². The van der Waals surface area contributed by atoms with Crippen molar-refractivity contribution in [3.8, 4) is 0 Å². The number of carbonyl (C=O) groups excluding carboxylic acids is 1. The quantitative estimate of drug-likeness (QED) is 0.915. The van der Waals surface area contributed by atoms with Crippen molar-refractivity contribution in [2.75, 3.05) is 32.9 Å². The molecule has 23 heavy (non-hydrogen) atoms. The molecule has 0 saturated carbocycles. The SMILES string of the molecule is O=C(OCc1ccccc1)N1CCC2(OCCO2)C(CCO)C1. The van der Waals surface area contributed by atoms with E-state index in [9.17, 15) is 9.90 Å². The minimum absolute atomic E-state index is 0.0342. The minimum Gasteiger partial charge on any atom is -0.445 e. The normalized spacial score (nSPS) is 23.2. The van der Waals surface area contributed by atoms with Gasteiger partial charge >= 0.3 is 6.09 Å². The van der Waals surface area contributed by atoms with E-state index in [2.05, 4.69) is 0 Å². The fraction of sp³-hybridized carbons (Fsp3) is 0.588. The first kappa shape index (κ1) is 16.2. The fourth-order valence-corrected chi connectivity index (χ4v) is 3.29. The van der Waals surface area contributed by atoms with Crippen molar-refractivity contribution in [1.82, 2.24) is 4.90 Å². The van der Waals surface area contributed by atoms with Crippen LogP contribution in [0.4, 0.5) is 4.79 Å². The number of ether oxygens (including phenoxy) is 3. The summed E-state index contributed by atoms with van der Waals surface area (Å²) in [6.45, 7) is 2.47. The minimum atomic E-state index is -0.640. The number of likely N-dealkylation sites (tertiary alicyclic amines) is 1. The van der Waals surface area contributed by atoms with E-state index >= 15 is 0 Å². The molecule has 2 aliphatic heterocycles. The van der Waals surface area contributed by atoms with Crippen molar-refractivity contribution in [3.63, 3.8) is 0 Å². The molecule has 2 saturated heterocycles. The van der Waals surface area contributed by atoms with Gasteiger partial charge in [0.05, 0.1) is 13.2 Å². The molecule has 0 aromatic heterocycles. The van der Waals surface area contributed by atoms with Gasteiger partial charge < -0.3 is 24.2 Å². The van der Waals surface area contributed by atoms with Crippen molar-refractivity contribution in [1.29, 1.82) is 0 Å². The maximum absolute atomic E-state index is 12.3. The molecule has 6 heteroatoms. The highest BCUT2D eigenvalue weighted by molar-refractivity contribution is 5.67. The number of rotatable bonds is 4. The van der Waals surface area contributed by atoms with Crippen LogP contribution in [-0.4, -0.2) is 54.8 Å². The first-order valence-electron chi connectivity index (χ1n) is 8.08. The lowest BCUT2D eigenvalue weighted by atomic mass is 9.88. The summed E-state index contributed by atoms with van der Waals surface area (Å²) in [5.41, 5.74) is 0.962. The van der Waals surface area contributed by atoms with Crippen molar-refractivity contribution in [2.24, 2.45) is 5.92 Å². The van der Waals surface area contributed by atoms with Gasteiger partial charge in [-0.25, -0.2) is 4.79 Å². The molecule has 0 bridgehead atoms. The summed E-state index contributed by atoms with van der Waals surface area (Å²) < 4.78 is 17.0. The maximum Gasteiger partial charge on any atom is 0.410 e. The number of aliphatic hydroxyl groups excluding tert-OH is 1. The molecule has 6 nitrogen and oxygen atoms in total. The van der Waals surface area contributed by atoms with E-state index < -0.39 is 5.79 Å². The van der Waals surface area contributed by atoms with Gasteiger partial charge in [0.2, 0.25) is 0 Å². The number of benzene rings is 1. The number of hydrogen-bond acceptors (Lipinski definition) is 5. The van der Waals surface area contributed by atoms with Gasteiger partial charge in [-0.3, -0.25) is 0 Å². The van der Waals surface area contributed by atoms with Crippen LogP contribution in [0.5, 0.6) is 0 Å². The average Bonchev–Trinajstić information content (AvgIpc) is 3.05. The Kier molecular flexibility index (Phi) is 5.15. The number of hydrogen-bond donors (Lipinski definition) is 1. The summed E-state index contributed by atoms with van der Waals surface area (Å²) in [7, 11) is 0. The van der Waals surface area contributed by atoms with Crippen molar-refractivity contribution in [3.05, 3.63) is 35.9 Å². The van der Waals surface area contributed by atoms with Crippen LogP contribution >= 0.6 is 0 Å². The average molecular weight is 321 g/mol. The second-order valence-corrected chi connectivity index (χ2v) is 5.95. The van der Waals surface area contributed by atoms with Crippen LogP contribution < -0.4 is 0 Å². The molecule has 2 aliphatic rings. The topological polar surface area (TPSA) is 68.2 Å². The highest BCUT2D eigenvalue weighted by atomic mass is 16.7. The largest absolute Gasteiger partial charge is 0.445 e. The van der Waals surface area contributed by atoms with E-state index in [0.29, 0.717) is 39.1 Å². The molecule has 3 rings (SSSR count). The predicted octanol–water partition coefficient (Wildman–Crippen LogP) is 1.77. The van der Waals surface area contributed by atoms with Gasteiger partial charge in [0.1, 0.15) is 6.61 Å². The Morgan fingerprint density at radius 3 is 2.74 bits per heavy atom. The van der Waals surface area contributed by atoms with E-state index in [4.69, 9.17) is 14.2 Å². The Morgan fingerprint density at radius 2 is 2.04 bits per heavy atom. The van der Waals surface area contributed by atoms with Crippen LogP contribution in [-0.2, 0) is 20.8 Å². The molecule has 1 atom stereocenters. The zero-order valence-electron chi connectivity index (χ0n) is 13.1. The standard InChI is InChI=1S/C17H23NO5/c19-9-6-15-12-18(8-7-17(15)22-10-11-23-17)16(20)21-13-14-4-2-1-3-5-14/h1-5,15,19H,6-13H2. The van der Waals surface area contributed by atoms with Crippen LogP contribution in [0.2, 0.25) is 0 Å². The van der Waals surface area contributed by atoms with E-state index in [1.807, 2.05) is 30.3 Å². The van der Waals surface area contributed by atoms with Gasteiger partial charge in [0, 0.05) is 32.0 Å². The zero-order chi connectivity index (χ0) is 16.1. The Bertz CT molecular complexity index is 515. The highest BCUT2D eigenvalue weighted by Crippen LogP contribution is 2.38. The number of piperidine rings is 1. The molecule has 1 spiro atoms. The zero-order valence-corrected chi connectivity index (χ0v) is 13.1. The highest BCUT2D eigenvalue weighted by Gasteiger charge is 2.48. The lowest BCUT2D eigenvalue weighted by Crippen LogP contribution is -2.54. The Hall–Kier alpha value is -1.63. The van der Waals surface area contributed by atoms with E-state index in [-0.39, 0.29) is 25.2 Å². The summed E-state index contributed by atoms with van der Waals surface area (Å²) in [5, 5.41) is 9.29. The second-order valence-electron chi connectivity index (χ2n) is 5.95. The number of aliphatic hydroxyl groups is 1. The Balaban J connectivity index is 1.57. The third-order valence-corrected chi connectivity index (χ3v) is 4.51. The maximum atomic E-state index is 12.3. The molecular weight excluding hydrogens is 298 g/mol. The van der Waals surface area contributed by atoms with E-state index in [0.717, 1.165) is 5.56 Å². The third-order valence-electron chi connectivity index (χ3n) is 4.51. The summed E-state index contributed by atoms with van der Waals surface area (Å²) in [5.74, 6) is -0.674. The Morgan fingerprint density at radius 1 is 1.30 bits per heavy atom. The van der Waals surface area contributed by atoms with Crippen molar-refractivity contribution < 1.29 is 24.1 Å². The fourth-order valence-electron chi connectivity index (χ4n) is 3.29. The monoisotopic (exact) mass is 321 g/mol. The molecule has 2 fully saturated rings. The summed E-state index contributed by atoms with van der Waals surface area (Å²) >= 11 is 0. The summed E-state index contributed by atoms with van der Waals surface area (Å²) in [6.07, 6.45) is 0.824. The molecule has 1 unspecified atom stereocenters.